The highest BCUT2D eigenvalue weighted by molar-refractivity contribution is 9.09. The van der Waals surface area contributed by atoms with Gasteiger partial charge >= 0.3 is 0 Å². The molecule has 2 aliphatic rings. The van der Waals surface area contributed by atoms with Gasteiger partial charge in [0.15, 0.2) is 11.5 Å². The number of hydrogen-bond acceptors (Lipinski definition) is 4. The molecule has 1 saturated heterocycles. The van der Waals surface area contributed by atoms with Crippen LogP contribution in [0.2, 0.25) is 0 Å². The van der Waals surface area contributed by atoms with E-state index in [9.17, 15) is 0 Å². The van der Waals surface area contributed by atoms with Gasteiger partial charge in [-0.25, -0.2) is 4.98 Å². The van der Waals surface area contributed by atoms with E-state index in [2.05, 4.69) is 37.9 Å². The Kier molecular flexibility index (Phi) is 3.37. The average Bonchev–Trinajstić information content (AvgIpc) is 3.01. The van der Waals surface area contributed by atoms with Gasteiger partial charge in [-0.15, -0.1) is 0 Å². The fourth-order valence-corrected chi connectivity index (χ4v) is 3.63. The number of nitrogens with zero attached hydrogens (tertiary/aromatic N) is 2. The first-order valence-electron chi connectivity index (χ1n) is 7.34. The molecule has 0 spiro atoms. The third kappa shape index (κ3) is 2.33. The normalized spacial score (nSPS) is 21.0. The number of fused-ring (bicyclic) bond motifs is 2. The van der Waals surface area contributed by atoms with Crippen molar-refractivity contribution in [3.05, 3.63) is 24.4 Å². The second-order valence-electron chi connectivity index (χ2n) is 5.61. The van der Waals surface area contributed by atoms with E-state index in [4.69, 9.17) is 9.47 Å². The van der Waals surface area contributed by atoms with E-state index in [1.807, 2.05) is 12.3 Å². The summed E-state index contributed by atoms with van der Waals surface area (Å²) in [5.74, 6) is 3.44. The number of ether oxygens (including phenoxy) is 2. The van der Waals surface area contributed by atoms with Crippen LogP contribution in [0.1, 0.15) is 6.42 Å². The Labute approximate surface area is 132 Å². The van der Waals surface area contributed by atoms with E-state index in [1.54, 1.807) is 0 Å². The van der Waals surface area contributed by atoms with E-state index >= 15 is 0 Å². The SMILES string of the molecule is BrCC1CCN(c2nccc3cc4c(cc23)OCCO4)C1. The summed E-state index contributed by atoms with van der Waals surface area (Å²) in [4.78, 5) is 7.00. The van der Waals surface area contributed by atoms with Gasteiger partial charge in [0.1, 0.15) is 19.0 Å². The van der Waals surface area contributed by atoms with Crippen LogP contribution in [0.5, 0.6) is 11.5 Å². The molecule has 21 heavy (non-hydrogen) atoms. The zero-order valence-corrected chi connectivity index (χ0v) is 13.3. The zero-order chi connectivity index (χ0) is 14.2. The number of benzene rings is 1. The molecule has 3 heterocycles. The van der Waals surface area contributed by atoms with Crippen molar-refractivity contribution in [1.29, 1.82) is 0 Å². The molecule has 110 valence electrons. The Balaban J connectivity index is 1.78. The smallest absolute Gasteiger partial charge is 0.162 e. The molecule has 0 radical (unpaired) electrons. The Morgan fingerprint density at radius 1 is 1.24 bits per heavy atom. The van der Waals surface area contributed by atoms with Crippen LogP contribution in [-0.2, 0) is 0 Å². The Morgan fingerprint density at radius 3 is 2.81 bits per heavy atom. The van der Waals surface area contributed by atoms with Gasteiger partial charge in [-0.05, 0) is 35.9 Å². The fourth-order valence-electron chi connectivity index (χ4n) is 3.10. The number of aromatic nitrogens is 1. The highest BCUT2D eigenvalue weighted by atomic mass is 79.9. The molecule has 1 aromatic carbocycles. The summed E-state index contributed by atoms with van der Waals surface area (Å²) in [5.41, 5.74) is 0. The minimum Gasteiger partial charge on any atom is -0.486 e. The first-order chi connectivity index (χ1) is 10.3. The molecule has 0 N–H and O–H groups in total. The highest BCUT2D eigenvalue weighted by Gasteiger charge is 2.24. The second-order valence-corrected chi connectivity index (χ2v) is 6.25. The molecule has 2 aliphatic heterocycles. The van der Waals surface area contributed by atoms with Crippen molar-refractivity contribution in [1.82, 2.24) is 4.98 Å². The molecule has 2 aromatic rings. The van der Waals surface area contributed by atoms with E-state index < -0.39 is 0 Å². The largest absolute Gasteiger partial charge is 0.486 e. The predicted molar refractivity (Wildman–Crippen MR) is 86.8 cm³/mol. The topological polar surface area (TPSA) is 34.6 Å². The average molecular weight is 349 g/mol. The van der Waals surface area contributed by atoms with Gasteiger partial charge in [-0.3, -0.25) is 0 Å². The highest BCUT2D eigenvalue weighted by Crippen LogP contribution is 2.38. The lowest BCUT2D eigenvalue weighted by Crippen LogP contribution is -2.21. The van der Waals surface area contributed by atoms with E-state index in [0.29, 0.717) is 19.1 Å². The molecular formula is C16H17BrN2O2. The summed E-state index contributed by atoms with van der Waals surface area (Å²) in [5, 5.41) is 3.36. The van der Waals surface area contributed by atoms with Gasteiger partial charge in [0.2, 0.25) is 0 Å². The van der Waals surface area contributed by atoms with Crippen molar-refractivity contribution in [2.24, 2.45) is 5.92 Å². The Hall–Kier alpha value is -1.49. The maximum absolute atomic E-state index is 5.71. The maximum atomic E-state index is 5.71. The van der Waals surface area contributed by atoms with Crippen molar-refractivity contribution in [3.8, 4) is 11.5 Å². The molecule has 1 aromatic heterocycles. The third-order valence-corrected chi connectivity index (χ3v) is 5.13. The van der Waals surface area contributed by atoms with E-state index in [1.165, 1.54) is 6.42 Å². The molecule has 0 bridgehead atoms. The van der Waals surface area contributed by atoms with Crippen molar-refractivity contribution < 1.29 is 9.47 Å². The Bertz CT molecular complexity index is 677. The number of halogens is 1. The van der Waals surface area contributed by atoms with Gasteiger partial charge in [-0.1, -0.05) is 15.9 Å². The fraction of sp³-hybridized carbons (Fsp3) is 0.438. The Morgan fingerprint density at radius 2 is 2.05 bits per heavy atom. The minimum absolute atomic E-state index is 0.615. The lowest BCUT2D eigenvalue weighted by atomic mass is 10.1. The van der Waals surface area contributed by atoms with Crippen molar-refractivity contribution >= 4 is 32.5 Å². The molecule has 0 aliphatic carbocycles. The standard InChI is InChI=1S/C16H17BrN2O2/c17-9-11-2-4-19(10-11)16-13-8-15-14(20-5-6-21-15)7-12(13)1-3-18-16/h1,3,7-8,11H,2,4-6,9-10H2. The molecule has 4 rings (SSSR count). The maximum Gasteiger partial charge on any atom is 0.162 e. The molecule has 0 amide bonds. The molecule has 5 heteroatoms. The van der Waals surface area contributed by atoms with Crippen LogP contribution >= 0.6 is 15.9 Å². The minimum atomic E-state index is 0.615. The van der Waals surface area contributed by atoms with Gasteiger partial charge in [0.25, 0.3) is 0 Å². The summed E-state index contributed by atoms with van der Waals surface area (Å²) in [6.45, 7) is 3.36. The number of anilines is 1. The molecule has 0 saturated carbocycles. The van der Waals surface area contributed by atoms with E-state index in [0.717, 1.165) is 46.5 Å². The zero-order valence-electron chi connectivity index (χ0n) is 11.7. The van der Waals surface area contributed by atoms with Crippen molar-refractivity contribution in [2.75, 3.05) is 36.5 Å². The van der Waals surface area contributed by atoms with Crippen molar-refractivity contribution in [3.63, 3.8) is 0 Å². The summed E-state index contributed by atoms with van der Waals surface area (Å²) in [7, 11) is 0. The third-order valence-electron chi connectivity index (χ3n) is 4.21. The monoisotopic (exact) mass is 348 g/mol. The molecule has 1 unspecified atom stereocenters. The van der Waals surface area contributed by atoms with Crippen LogP contribution in [-0.4, -0.2) is 36.6 Å². The van der Waals surface area contributed by atoms with Crippen LogP contribution in [0.15, 0.2) is 24.4 Å². The first-order valence-corrected chi connectivity index (χ1v) is 8.46. The van der Waals surface area contributed by atoms with Crippen LogP contribution < -0.4 is 14.4 Å². The van der Waals surface area contributed by atoms with Crippen LogP contribution in [0.4, 0.5) is 5.82 Å². The summed E-state index contributed by atoms with van der Waals surface area (Å²) in [6, 6.07) is 6.18. The van der Waals surface area contributed by atoms with Crippen LogP contribution in [0.3, 0.4) is 0 Å². The van der Waals surface area contributed by atoms with Crippen molar-refractivity contribution in [2.45, 2.75) is 6.42 Å². The number of rotatable bonds is 2. The molecule has 1 atom stereocenters. The predicted octanol–water partition coefficient (Wildman–Crippen LogP) is 3.23. The summed E-state index contributed by atoms with van der Waals surface area (Å²) < 4.78 is 11.4. The van der Waals surface area contributed by atoms with Gasteiger partial charge in [-0.2, -0.15) is 0 Å². The number of hydrogen-bond donors (Lipinski definition) is 0. The second kappa shape index (κ2) is 5.37. The quantitative estimate of drug-likeness (QED) is 0.780. The number of alkyl halides is 1. The van der Waals surface area contributed by atoms with Crippen LogP contribution in [0.25, 0.3) is 10.8 Å². The van der Waals surface area contributed by atoms with Crippen LogP contribution in [0, 0.1) is 5.92 Å². The van der Waals surface area contributed by atoms with Gasteiger partial charge in [0, 0.05) is 30.0 Å². The van der Waals surface area contributed by atoms with E-state index in [-0.39, 0.29) is 0 Å². The summed E-state index contributed by atoms with van der Waals surface area (Å²) >= 11 is 3.59. The lowest BCUT2D eigenvalue weighted by molar-refractivity contribution is 0.172. The molecule has 1 fully saturated rings. The summed E-state index contributed by atoms with van der Waals surface area (Å²) in [6.07, 6.45) is 3.10. The first kappa shape index (κ1) is 13.2. The lowest BCUT2D eigenvalue weighted by Gasteiger charge is -2.22. The molecular weight excluding hydrogens is 332 g/mol. The molecule has 4 nitrogen and oxygen atoms in total. The van der Waals surface area contributed by atoms with Gasteiger partial charge in [0.05, 0.1) is 0 Å². The number of pyridine rings is 1. The van der Waals surface area contributed by atoms with Gasteiger partial charge < -0.3 is 14.4 Å².